The molecule has 0 aliphatic carbocycles. The highest BCUT2D eigenvalue weighted by molar-refractivity contribution is 5.66. The van der Waals surface area contributed by atoms with E-state index in [-0.39, 0.29) is 0 Å². The normalized spacial score (nSPS) is 11.2. The molecule has 132 valence electrons. The monoisotopic (exact) mass is 312 g/mol. The third-order valence-electron chi connectivity index (χ3n) is 4.42. The average Bonchev–Trinajstić information content (AvgIpc) is 2.46. The van der Waals surface area contributed by atoms with Crippen LogP contribution in [0, 0.1) is 5.92 Å². The predicted molar refractivity (Wildman–Crippen MR) is 96.3 cm³/mol. The average molecular weight is 313 g/mol. The van der Waals surface area contributed by atoms with Gasteiger partial charge in [-0.1, -0.05) is 104 Å². The van der Waals surface area contributed by atoms with E-state index >= 15 is 0 Å². The fourth-order valence-electron chi connectivity index (χ4n) is 2.95. The second-order valence-corrected chi connectivity index (χ2v) is 7.28. The van der Waals surface area contributed by atoms with Crippen LogP contribution in [0.15, 0.2) is 0 Å². The Morgan fingerprint density at radius 2 is 0.955 bits per heavy atom. The molecule has 0 atom stereocenters. The molecule has 2 heteroatoms. The summed E-state index contributed by atoms with van der Waals surface area (Å²) in [5.41, 5.74) is 0. The fourth-order valence-corrected chi connectivity index (χ4v) is 2.95. The molecule has 1 N–H and O–H groups in total. The highest BCUT2D eigenvalue weighted by atomic mass is 16.4. The van der Waals surface area contributed by atoms with E-state index in [1.807, 2.05) is 0 Å². The van der Waals surface area contributed by atoms with Crippen molar-refractivity contribution in [2.75, 3.05) is 0 Å². The Morgan fingerprint density at radius 3 is 1.27 bits per heavy atom. The van der Waals surface area contributed by atoms with Crippen LogP contribution >= 0.6 is 0 Å². The first kappa shape index (κ1) is 21.5. The minimum Gasteiger partial charge on any atom is -0.481 e. The van der Waals surface area contributed by atoms with Gasteiger partial charge in [-0.2, -0.15) is 0 Å². The van der Waals surface area contributed by atoms with Crippen molar-refractivity contribution in [2.24, 2.45) is 5.92 Å². The summed E-state index contributed by atoms with van der Waals surface area (Å²) in [6.07, 6.45) is 20.3. The number of rotatable bonds is 17. The van der Waals surface area contributed by atoms with Gasteiger partial charge in [0, 0.05) is 6.42 Å². The van der Waals surface area contributed by atoms with E-state index in [4.69, 9.17) is 5.11 Å². The van der Waals surface area contributed by atoms with Crippen molar-refractivity contribution in [3.63, 3.8) is 0 Å². The molecule has 0 aromatic carbocycles. The van der Waals surface area contributed by atoms with Crippen molar-refractivity contribution in [1.82, 2.24) is 0 Å². The number of hydrogen-bond donors (Lipinski definition) is 1. The van der Waals surface area contributed by atoms with Crippen LogP contribution in [0.3, 0.4) is 0 Å². The van der Waals surface area contributed by atoms with Gasteiger partial charge < -0.3 is 5.11 Å². The van der Waals surface area contributed by atoms with Crippen LogP contribution in [-0.2, 0) is 4.79 Å². The van der Waals surface area contributed by atoms with E-state index in [9.17, 15) is 4.79 Å². The third-order valence-corrected chi connectivity index (χ3v) is 4.42. The van der Waals surface area contributed by atoms with Crippen molar-refractivity contribution < 1.29 is 9.90 Å². The summed E-state index contributed by atoms with van der Waals surface area (Å²) < 4.78 is 0. The van der Waals surface area contributed by atoms with E-state index in [2.05, 4.69) is 13.8 Å². The topological polar surface area (TPSA) is 37.3 Å². The lowest BCUT2D eigenvalue weighted by Crippen LogP contribution is -1.93. The highest BCUT2D eigenvalue weighted by Gasteiger charge is 1.97. The highest BCUT2D eigenvalue weighted by Crippen LogP contribution is 2.14. The molecule has 0 aliphatic heterocycles. The standard InChI is InChI=1S/C20H40O2/c1-19(2)17-15-13-11-9-7-5-3-4-6-8-10-12-14-16-18-20(21)22/h19H,3-18H2,1-2H3,(H,21,22). The molecular formula is C20H40O2. The molecular weight excluding hydrogens is 272 g/mol. The molecule has 0 aliphatic rings. The molecule has 0 saturated carbocycles. The van der Waals surface area contributed by atoms with Crippen molar-refractivity contribution in [2.45, 2.75) is 117 Å². The van der Waals surface area contributed by atoms with Crippen molar-refractivity contribution >= 4 is 5.97 Å². The van der Waals surface area contributed by atoms with Gasteiger partial charge in [0.1, 0.15) is 0 Å². The lowest BCUT2D eigenvalue weighted by atomic mass is 10.0. The Bertz CT molecular complexity index is 236. The molecule has 22 heavy (non-hydrogen) atoms. The van der Waals surface area contributed by atoms with Gasteiger partial charge in [-0.05, 0) is 12.3 Å². The molecule has 0 heterocycles. The van der Waals surface area contributed by atoms with Crippen molar-refractivity contribution in [1.29, 1.82) is 0 Å². The van der Waals surface area contributed by atoms with Crippen LogP contribution < -0.4 is 0 Å². The summed E-state index contributed by atoms with van der Waals surface area (Å²) in [5, 5.41) is 8.54. The quantitative estimate of drug-likeness (QED) is 0.294. The van der Waals surface area contributed by atoms with Gasteiger partial charge in [-0.3, -0.25) is 4.79 Å². The number of hydrogen-bond acceptors (Lipinski definition) is 1. The number of aliphatic carboxylic acids is 1. The van der Waals surface area contributed by atoms with Gasteiger partial charge in [-0.25, -0.2) is 0 Å². The first-order chi connectivity index (χ1) is 10.6. The number of unbranched alkanes of at least 4 members (excludes halogenated alkanes) is 13. The summed E-state index contributed by atoms with van der Waals surface area (Å²) in [7, 11) is 0. The molecule has 0 aromatic heterocycles. The van der Waals surface area contributed by atoms with E-state index in [1.165, 1.54) is 83.5 Å². The molecule has 0 amide bonds. The molecule has 0 fully saturated rings. The fraction of sp³-hybridized carbons (Fsp3) is 0.950. The van der Waals surface area contributed by atoms with Crippen LogP contribution in [0.1, 0.15) is 117 Å². The lowest BCUT2D eigenvalue weighted by molar-refractivity contribution is -0.137. The summed E-state index contributed by atoms with van der Waals surface area (Å²) in [4.78, 5) is 10.4. The third kappa shape index (κ3) is 19.5. The number of carbonyl (C=O) groups is 1. The first-order valence-corrected chi connectivity index (χ1v) is 9.84. The van der Waals surface area contributed by atoms with Crippen molar-refractivity contribution in [3.05, 3.63) is 0 Å². The van der Waals surface area contributed by atoms with E-state index < -0.39 is 5.97 Å². The summed E-state index contributed by atoms with van der Waals surface area (Å²) in [6.45, 7) is 4.63. The van der Waals surface area contributed by atoms with E-state index in [1.54, 1.807) is 0 Å². The zero-order valence-electron chi connectivity index (χ0n) is 15.2. The minimum atomic E-state index is -0.653. The molecule has 0 saturated heterocycles. The Kier molecular flexibility index (Phi) is 16.4. The zero-order valence-corrected chi connectivity index (χ0v) is 15.2. The Hall–Kier alpha value is -0.530. The largest absolute Gasteiger partial charge is 0.481 e. The molecule has 0 unspecified atom stereocenters. The zero-order chi connectivity index (χ0) is 16.5. The van der Waals surface area contributed by atoms with E-state index in [0.717, 1.165) is 18.8 Å². The van der Waals surface area contributed by atoms with Gasteiger partial charge in [0.15, 0.2) is 0 Å². The predicted octanol–water partition coefficient (Wildman–Crippen LogP) is 6.97. The maximum Gasteiger partial charge on any atom is 0.303 e. The Morgan fingerprint density at radius 1 is 0.636 bits per heavy atom. The lowest BCUT2D eigenvalue weighted by Gasteiger charge is -2.05. The number of carboxylic acid groups (broad SMARTS) is 1. The van der Waals surface area contributed by atoms with Crippen LogP contribution in [0.4, 0.5) is 0 Å². The molecule has 0 rings (SSSR count). The van der Waals surface area contributed by atoms with Crippen LogP contribution in [-0.4, -0.2) is 11.1 Å². The summed E-state index contributed by atoms with van der Waals surface area (Å²) in [6, 6.07) is 0. The van der Waals surface area contributed by atoms with Crippen LogP contribution in [0.2, 0.25) is 0 Å². The second kappa shape index (κ2) is 16.8. The Balaban J connectivity index is 2.98. The smallest absolute Gasteiger partial charge is 0.303 e. The van der Waals surface area contributed by atoms with Gasteiger partial charge >= 0.3 is 5.97 Å². The summed E-state index contributed by atoms with van der Waals surface area (Å²) >= 11 is 0. The minimum absolute atomic E-state index is 0.345. The molecule has 0 spiro atoms. The van der Waals surface area contributed by atoms with Crippen molar-refractivity contribution in [3.8, 4) is 0 Å². The number of carboxylic acids is 1. The maximum atomic E-state index is 10.4. The van der Waals surface area contributed by atoms with Crippen LogP contribution in [0.25, 0.3) is 0 Å². The van der Waals surface area contributed by atoms with Gasteiger partial charge in [0.2, 0.25) is 0 Å². The molecule has 2 nitrogen and oxygen atoms in total. The molecule has 0 aromatic rings. The maximum absolute atomic E-state index is 10.4. The molecule has 0 bridgehead atoms. The van der Waals surface area contributed by atoms with Gasteiger partial charge in [0.25, 0.3) is 0 Å². The van der Waals surface area contributed by atoms with Crippen LogP contribution in [0.5, 0.6) is 0 Å². The summed E-state index contributed by atoms with van der Waals surface area (Å²) in [5.74, 6) is 0.220. The van der Waals surface area contributed by atoms with E-state index in [0.29, 0.717) is 6.42 Å². The van der Waals surface area contributed by atoms with Gasteiger partial charge in [0.05, 0.1) is 0 Å². The first-order valence-electron chi connectivity index (χ1n) is 9.84. The Labute approximate surface area is 139 Å². The van der Waals surface area contributed by atoms with Gasteiger partial charge in [-0.15, -0.1) is 0 Å². The molecule has 0 radical (unpaired) electrons. The second-order valence-electron chi connectivity index (χ2n) is 7.28. The SMILES string of the molecule is CC(C)CCCCCCCCCCCCCCCCC(=O)O.